The van der Waals surface area contributed by atoms with Crippen molar-refractivity contribution in [3.63, 3.8) is 0 Å². The Balaban J connectivity index is 1.70. The maximum absolute atomic E-state index is 8.79. The lowest BCUT2D eigenvalue weighted by atomic mass is 10.2. The molecule has 0 radical (unpaired) electrons. The second-order valence-electron chi connectivity index (χ2n) is 4.15. The number of rotatable bonds is 4. The van der Waals surface area contributed by atoms with Crippen LogP contribution in [0.3, 0.4) is 0 Å². The van der Waals surface area contributed by atoms with Crippen molar-refractivity contribution < 1.29 is 4.74 Å². The van der Waals surface area contributed by atoms with E-state index in [2.05, 4.69) is 16.1 Å². The lowest BCUT2D eigenvalue weighted by molar-refractivity contribution is -0.000182. The molecular weight excluding hydrogens is 218 g/mol. The van der Waals surface area contributed by atoms with Gasteiger partial charge in [-0.3, -0.25) is 9.58 Å². The van der Waals surface area contributed by atoms with Crippen LogP contribution in [0.15, 0.2) is 12.3 Å². The summed E-state index contributed by atoms with van der Waals surface area (Å²) in [6, 6.07) is 3.94. The van der Waals surface area contributed by atoms with Gasteiger partial charge in [0, 0.05) is 32.4 Å². The van der Waals surface area contributed by atoms with Gasteiger partial charge in [0.25, 0.3) is 0 Å². The van der Waals surface area contributed by atoms with Crippen molar-refractivity contribution in [3.8, 4) is 6.07 Å². The van der Waals surface area contributed by atoms with E-state index in [9.17, 15) is 0 Å². The Morgan fingerprint density at radius 2 is 2.47 bits per heavy atom. The predicted molar refractivity (Wildman–Crippen MR) is 63.0 cm³/mol. The molecule has 0 amide bonds. The summed E-state index contributed by atoms with van der Waals surface area (Å²) in [5.74, 6) is 0.556. The van der Waals surface area contributed by atoms with Gasteiger partial charge in [-0.2, -0.15) is 10.4 Å². The number of nitrogens with zero attached hydrogens (tertiary/aromatic N) is 4. The fourth-order valence-corrected chi connectivity index (χ4v) is 1.94. The van der Waals surface area contributed by atoms with Crippen molar-refractivity contribution in [2.45, 2.75) is 19.1 Å². The highest BCUT2D eigenvalue weighted by Gasteiger charge is 2.19. The number of nitrogen functional groups attached to an aromatic ring is 1. The van der Waals surface area contributed by atoms with Gasteiger partial charge in [-0.1, -0.05) is 0 Å². The Kier molecular flexibility index (Phi) is 3.96. The molecule has 6 heteroatoms. The highest BCUT2D eigenvalue weighted by molar-refractivity contribution is 5.23. The van der Waals surface area contributed by atoms with Crippen molar-refractivity contribution in [3.05, 3.63) is 12.3 Å². The number of ether oxygens (including phenoxy) is 1. The predicted octanol–water partition coefficient (Wildman–Crippen LogP) is 0.0798. The Morgan fingerprint density at radius 1 is 1.59 bits per heavy atom. The van der Waals surface area contributed by atoms with E-state index < -0.39 is 0 Å². The van der Waals surface area contributed by atoms with E-state index in [0.717, 1.165) is 26.1 Å². The molecule has 1 aliphatic heterocycles. The summed E-state index contributed by atoms with van der Waals surface area (Å²) in [6.45, 7) is 4.07. The summed E-state index contributed by atoms with van der Waals surface area (Å²) in [5, 5.41) is 12.9. The maximum Gasteiger partial charge on any atom is 0.156 e. The van der Waals surface area contributed by atoms with Crippen LogP contribution in [0.25, 0.3) is 0 Å². The molecule has 92 valence electrons. The van der Waals surface area contributed by atoms with Crippen LogP contribution in [0.4, 0.5) is 5.82 Å². The third-order valence-corrected chi connectivity index (χ3v) is 2.82. The Hall–Kier alpha value is -1.58. The quantitative estimate of drug-likeness (QED) is 0.799. The Morgan fingerprint density at radius 3 is 3.18 bits per heavy atom. The lowest BCUT2D eigenvalue weighted by Crippen LogP contribution is -2.42. The molecular formula is C11H17N5O. The summed E-state index contributed by atoms with van der Waals surface area (Å²) in [4.78, 5) is 2.25. The molecule has 1 saturated heterocycles. The Labute approximate surface area is 101 Å². The van der Waals surface area contributed by atoms with Crippen LogP contribution < -0.4 is 5.73 Å². The summed E-state index contributed by atoms with van der Waals surface area (Å²) >= 11 is 0. The van der Waals surface area contributed by atoms with Crippen molar-refractivity contribution in [1.29, 1.82) is 5.26 Å². The number of nitriles is 1. The molecule has 1 fully saturated rings. The van der Waals surface area contributed by atoms with Crippen LogP contribution in [0, 0.1) is 11.3 Å². The molecule has 0 spiro atoms. The molecule has 6 nitrogen and oxygen atoms in total. The fraction of sp³-hybridized carbons (Fsp3) is 0.636. The smallest absolute Gasteiger partial charge is 0.156 e. The summed E-state index contributed by atoms with van der Waals surface area (Å²) < 4.78 is 7.13. The standard InChI is InChI=1S/C11H17N5O/c12-8-10-9-15(6-7-17-10)3-1-4-16-5-2-11(13)14-16/h2,5,10H,1,3-4,6-7,9H2,(H2,13,14). The van der Waals surface area contributed by atoms with Gasteiger partial charge in [0.1, 0.15) is 5.82 Å². The maximum atomic E-state index is 8.79. The number of hydrogen-bond acceptors (Lipinski definition) is 5. The van der Waals surface area contributed by atoms with Crippen LogP contribution in [-0.2, 0) is 11.3 Å². The van der Waals surface area contributed by atoms with Crippen molar-refractivity contribution in [1.82, 2.24) is 14.7 Å². The molecule has 17 heavy (non-hydrogen) atoms. The largest absolute Gasteiger partial charge is 0.382 e. The molecule has 0 saturated carbocycles. The third kappa shape index (κ3) is 3.44. The van der Waals surface area contributed by atoms with Crippen LogP contribution >= 0.6 is 0 Å². The number of nitrogens with two attached hydrogens (primary N) is 1. The first-order valence-electron chi connectivity index (χ1n) is 5.80. The average Bonchev–Trinajstić information content (AvgIpc) is 2.75. The molecule has 1 aliphatic rings. The molecule has 1 aromatic rings. The van der Waals surface area contributed by atoms with E-state index in [1.165, 1.54) is 0 Å². The first-order valence-corrected chi connectivity index (χ1v) is 5.80. The molecule has 1 unspecified atom stereocenters. The van der Waals surface area contributed by atoms with E-state index >= 15 is 0 Å². The number of aryl methyl sites for hydroxylation is 1. The second kappa shape index (κ2) is 5.66. The average molecular weight is 235 g/mol. The van der Waals surface area contributed by atoms with Crippen molar-refractivity contribution >= 4 is 5.82 Å². The van der Waals surface area contributed by atoms with Gasteiger partial charge in [-0.05, 0) is 12.5 Å². The lowest BCUT2D eigenvalue weighted by Gasteiger charge is -2.29. The third-order valence-electron chi connectivity index (χ3n) is 2.82. The van der Waals surface area contributed by atoms with Gasteiger partial charge in [0.05, 0.1) is 12.7 Å². The molecule has 0 aliphatic carbocycles. The minimum atomic E-state index is -0.274. The SMILES string of the molecule is N#CC1CN(CCCn2ccc(N)n2)CCO1. The van der Waals surface area contributed by atoms with Gasteiger partial charge >= 0.3 is 0 Å². The first-order chi connectivity index (χ1) is 8.28. The van der Waals surface area contributed by atoms with Crippen LogP contribution in [0.5, 0.6) is 0 Å². The van der Waals surface area contributed by atoms with E-state index in [-0.39, 0.29) is 6.10 Å². The first kappa shape index (κ1) is 11.9. The highest BCUT2D eigenvalue weighted by Crippen LogP contribution is 2.05. The van der Waals surface area contributed by atoms with Gasteiger partial charge in [0.2, 0.25) is 0 Å². The zero-order chi connectivity index (χ0) is 12.1. The summed E-state index contributed by atoms with van der Waals surface area (Å²) in [5.41, 5.74) is 5.53. The normalized spacial score (nSPS) is 21.2. The van der Waals surface area contributed by atoms with Crippen molar-refractivity contribution in [2.75, 3.05) is 32.0 Å². The number of aromatic nitrogens is 2. The molecule has 2 heterocycles. The highest BCUT2D eigenvalue weighted by atomic mass is 16.5. The van der Waals surface area contributed by atoms with Crippen LogP contribution in [0.1, 0.15) is 6.42 Å². The number of hydrogen-bond donors (Lipinski definition) is 1. The summed E-state index contributed by atoms with van der Waals surface area (Å²) in [7, 11) is 0. The molecule has 0 bridgehead atoms. The molecule has 2 N–H and O–H groups in total. The monoisotopic (exact) mass is 235 g/mol. The van der Waals surface area contributed by atoms with E-state index in [4.69, 9.17) is 15.7 Å². The minimum Gasteiger partial charge on any atom is -0.382 e. The van der Waals surface area contributed by atoms with E-state index in [0.29, 0.717) is 19.0 Å². The Bertz CT molecular complexity index is 397. The zero-order valence-electron chi connectivity index (χ0n) is 9.75. The van der Waals surface area contributed by atoms with Gasteiger partial charge in [-0.15, -0.1) is 0 Å². The molecule has 1 aromatic heterocycles. The topological polar surface area (TPSA) is 80.1 Å². The number of morpholine rings is 1. The second-order valence-corrected chi connectivity index (χ2v) is 4.15. The van der Waals surface area contributed by atoms with E-state index in [1.807, 2.05) is 10.9 Å². The van der Waals surface area contributed by atoms with Crippen LogP contribution in [-0.4, -0.2) is 47.0 Å². The van der Waals surface area contributed by atoms with Gasteiger partial charge in [0.15, 0.2) is 6.10 Å². The molecule has 0 aromatic carbocycles. The van der Waals surface area contributed by atoms with Crippen molar-refractivity contribution in [2.24, 2.45) is 0 Å². The molecule has 1 atom stereocenters. The molecule has 2 rings (SSSR count). The van der Waals surface area contributed by atoms with E-state index in [1.54, 1.807) is 6.07 Å². The number of anilines is 1. The van der Waals surface area contributed by atoms with Crippen LogP contribution in [0.2, 0.25) is 0 Å². The van der Waals surface area contributed by atoms with Gasteiger partial charge in [-0.25, -0.2) is 0 Å². The van der Waals surface area contributed by atoms with Gasteiger partial charge < -0.3 is 10.5 Å². The zero-order valence-corrected chi connectivity index (χ0v) is 9.75. The fourth-order valence-electron chi connectivity index (χ4n) is 1.94. The summed E-state index contributed by atoms with van der Waals surface area (Å²) in [6.07, 6.45) is 2.61. The minimum absolute atomic E-state index is 0.274.